The molecule has 0 aliphatic heterocycles. The number of benzene rings is 3. The molecule has 3 aromatic carbocycles. The van der Waals surface area contributed by atoms with E-state index in [9.17, 15) is 16.8 Å². The van der Waals surface area contributed by atoms with Crippen molar-refractivity contribution in [3.8, 4) is 0 Å². The molecule has 1 aliphatic rings. The molecule has 1 N–H and O–H groups in total. The number of sulfone groups is 1. The smallest absolute Gasteiger partial charge is 0.229 e. The second-order valence-electron chi connectivity index (χ2n) is 7.81. The van der Waals surface area contributed by atoms with E-state index in [0.717, 1.165) is 46.9 Å². The van der Waals surface area contributed by atoms with Crippen molar-refractivity contribution in [1.29, 1.82) is 0 Å². The Kier molecular flexibility index (Phi) is 5.49. The van der Waals surface area contributed by atoms with Crippen molar-refractivity contribution >= 4 is 37.2 Å². The Hall–Kier alpha value is -2.90. The minimum absolute atomic E-state index is 0.282. The molecule has 1 aliphatic carbocycles. The van der Waals surface area contributed by atoms with Crippen LogP contribution in [0.25, 0.3) is 11.6 Å². The molecule has 0 aromatic heterocycles. The van der Waals surface area contributed by atoms with E-state index in [1.165, 1.54) is 11.8 Å². The average molecular weight is 454 g/mol. The summed E-state index contributed by atoms with van der Waals surface area (Å²) in [5, 5.41) is 0. The van der Waals surface area contributed by atoms with Gasteiger partial charge in [-0.3, -0.25) is 4.72 Å². The molecule has 0 saturated carbocycles. The zero-order valence-electron chi connectivity index (χ0n) is 17.3. The zero-order chi connectivity index (χ0) is 22.2. The number of fused-ring (bicyclic) bond motifs is 2. The van der Waals surface area contributed by atoms with Crippen LogP contribution in [0.1, 0.15) is 27.8 Å². The van der Waals surface area contributed by atoms with Gasteiger partial charge in [0.2, 0.25) is 10.0 Å². The van der Waals surface area contributed by atoms with Crippen molar-refractivity contribution in [3.05, 3.63) is 94.5 Å². The number of hydrogen-bond acceptors (Lipinski definition) is 4. The minimum Gasteiger partial charge on any atom is -0.284 e. The zero-order valence-corrected chi connectivity index (χ0v) is 18.9. The number of hydrogen-bond donors (Lipinski definition) is 1. The van der Waals surface area contributed by atoms with E-state index in [4.69, 9.17) is 0 Å². The van der Waals surface area contributed by atoms with Gasteiger partial charge in [0.15, 0.2) is 9.84 Å². The van der Waals surface area contributed by atoms with Gasteiger partial charge in [0, 0.05) is 11.9 Å². The van der Waals surface area contributed by atoms with Gasteiger partial charge in [0.05, 0.1) is 11.2 Å². The Morgan fingerprint density at radius 2 is 1.48 bits per heavy atom. The molecular formula is C24H23NO4S2. The van der Waals surface area contributed by atoms with Crippen LogP contribution in [0.5, 0.6) is 0 Å². The molecule has 160 valence electrons. The van der Waals surface area contributed by atoms with E-state index in [1.54, 1.807) is 30.3 Å². The molecule has 0 radical (unpaired) electrons. The highest BCUT2D eigenvalue weighted by atomic mass is 32.2. The second kappa shape index (κ2) is 7.98. The van der Waals surface area contributed by atoms with Gasteiger partial charge in [-0.2, -0.15) is 0 Å². The Labute approximate surface area is 183 Å². The second-order valence-corrected chi connectivity index (χ2v) is 11.6. The quantitative estimate of drug-likeness (QED) is 0.644. The highest BCUT2D eigenvalue weighted by molar-refractivity contribution is 7.92. The van der Waals surface area contributed by atoms with Crippen LogP contribution in [-0.4, -0.2) is 29.3 Å². The molecule has 0 saturated heterocycles. The number of rotatable bonds is 4. The van der Waals surface area contributed by atoms with Crippen LogP contribution in [0, 0.1) is 0 Å². The first-order valence-corrected chi connectivity index (χ1v) is 13.6. The molecule has 3 aromatic rings. The highest BCUT2D eigenvalue weighted by Crippen LogP contribution is 2.36. The Morgan fingerprint density at radius 1 is 0.774 bits per heavy atom. The van der Waals surface area contributed by atoms with Gasteiger partial charge in [-0.15, -0.1) is 0 Å². The topological polar surface area (TPSA) is 80.3 Å². The summed E-state index contributed by atoms with van der Waals surface area (Å²) in [6, 6.07) is 20.6. The Bertz CT molecular complexity index is 1400. The lowest BCUT2D eigenvalue weighted by molar-refractivity contribution is 0.601. The average Bonchev–Trinajstić information content (AvgIpc) is 2.83. The minimum atomic E-state index is -3.39. The van der Waals surface area contributed by atoms with Crippen molar-refractivity contribution in [1.82, 2.24) is 0 Å². The van der Waals surface area contributed by atoms with Gasteiger partial charge in [-0.1, -0.05) is 42.5 Å². The first-order valence-electron chi connectivity index (χ1n) is 9.81. The maximum Gasteiger partial charge on any atom is 0.229 e. The van der Waals surface area contributed by atoms with Crippen LogP contribution in [0.2, 0.25) is 0 Å². The molecule has 0 heterocycles. The van der Waals surface area contributed by atoms with Crippen LogP contribution in [0.3, 0.4) is 0 Å². The van der Waals surface area contributed by atoms with Gasteiger partial charge >= 0.3 is 0 Å². The third-order valence-corrected chi connectivity index (χ3v) is 6.99. The van der Waals surface area contributed by atoms with Gasteiger partial charge < -0.3 is 0 Å². The van der Waals surface area contributed by atoms with E-state index >= 15 is 0 Å². The SMILES string of the molecule is CS(=O)(=O)Nc1cccc(/C=C2\c3ccccc3CCc3ccc(S(C)(=O)=O)cc32)c1. The highest BCUT2D eigenvalue weighted by Gasteiger charge is 2.20. The van der Waals surface area contributed by atoms with Crippen LogP contribution < -0.4 is 4.72 Å². The first kappa shape index (κ1) is 21.3. The van der Waals surface area contributed by atoms with Crippen LogP contribution >= 0.6 is 0 Å². The third kappa shape index (κ3) is 4.89. The monoisotopic (exact) mass is 453 g/mol. The lowest BCUT2D eigenvalue weighted by atomic mass is 9.92. The number of aryl methyl sites for hydroxylation is 2. The van der Waals surface area contributed by atoms with E-state index in [2.05, 4.69) is 10.8 Å². The normalized spacial score (nSPS) is 15.1. The molecule has 0 unspecified atom stereocenters. The third-order valence-electron chi connectivity index (χ3n) is 5.27. The summed E-state index contributed by atoms with van der Waals surface area (Å²) >= 11 is 0. The van der Waals surface area contributed by atoms with E-state index in [-0.39, 0.29) is 4.90 Å². The fraction of sp³-hybridized carbons (Fsp3) is 0.167. The van der Waals surface area contributed by atoms with E-state index < -0.39 is 19.9 Å². The first-order chi connectivity index (χ1) is 14.6. The largest absolute Gasteiger partial charge is 0.284 e. The van der Waals surface area contributed by atoms with Crippen molar-refractivity contribution in [2.24, 2.45) is 0 Å². The lowest BCUT2D eigenvalue weighted by Gasteiger charge is -2.14. The molecule has 4 rings (SSSR count). The molecule has 0 bridgehead atoms. The molecule has 0 amide bonds. The number of sulfonamides is 1. The lowest BCUT2D eigenvalue weighted by Crippen LogP contribution is -2.09. The Morgan fingerprint density at radius 3 is 2.19 bits per heavy atom. The van der Waals surface area contributed by atoms with Crippen molar-refractivity contribution < 1.29 is 16.8 Å². The molecule has 0 atom stereocenters. The fourth-order valence-corrected chi connectivity index (χ4v) is 5.10. The van der Waals surface area contributed by atoms with Crippen LogP contribution in [0.15, 0.2) is 71.6 Å². The van der Waals surface area contributed by atoms with Crippen LogP contribution in [-0.2, 0) is 32.7 Å². The maximum atomic E-state index is 12.2. The van der Waals surface area contributed by atoms with E-state index in [0.29, 0.717) is 5.69 Å². The molecule has 0 spiro atoms. The summed E-state index contributed by atoms with van der Waals surface area (Å²) in [5.74, 6) is 0. The van der Waals surface area contributed by atoms with E-state index in [1.807, 2.05) is 36.4 Å². The molecule has 0 fully saturated rings. The standard InChI is InChI=1S/C24H23NO4S2/c1-30(26,27)21-13-12-19-11-10-18-7-3-4-9-22(18)24(23(19)16-21)15-17-6-5-8-20(14-17)25-31(2,28)29/h3-9,12-16,25H,10-11H2,1-2H3/b24-15+. The summed E-state index contributed by atoms with van der Waals surface area (Å²) in [5.41, 5.74) is 6.42. The summed E-state index contributed by atoms with van der Waals surface area (Å²) < 4.78 is 50.2. The molecule has 5 nitrogen and oxygen atoms in total. The summed E-state index contributed by atoms with van der Waals surface area (Å²) in [6.07, 6.45) is 5.98. The van der Waals surface area contributed by atoms with Crippen molar-refractivity contribution in [3.63, 3.8) is 0 Å². The predicted molar refractivity (Wildman–Crippen MR) is 125 cm³/mol. The maximum absolute atomic E-state index is 12.2. The molecule has 31 heavy (non-hydrogen) atoms. The van der Waals surface area contributed by atoms with Crippen molar-refractivity contribution in [2.45, 2.75) is 17.7 Å². The number of nitrogens with one attached hydrogen (secondary N) is 1. The van der Waals surface area contributed by atoms with Gasteiger partial charge in [-0.25, -0.2) is 16.8 Å². The molecular weight excluding hydrogens is 430 g/mol. The molecule has 7 heteroatoms. The summed E-state index contributed by atoms with van der Waals surface area (Å²) in [7, 11) is -6.74. The summed E-state index contributed by atoms with van der Waals surface area (Å²) in [6.45, 7) is 0. The van der Waals surface area contributed by atoms with Crippen LogP contribution in [0.4, 0.5) is 5.69 Å². The number of anilines is 1. The Balaban J connectivity index is 1.93. The van der Waals surface area contributed by atoms with Gasteiger partial charge in [-0.05, 0) is 76.6 Å². The van der Waals surface area contributed by atoms with Crippen molar-refractivity contribution in [2.75, 3.05) is 17.2 Å². The predicted octanol–water partition coefficient (Wildman–Crippen LogP) is 4.15. The van der Waals surface area contributed by atoms with Gasteiger partial charge in [0.25, 0.3) is 0 Å². The fourth-order valence-electron chi connectivity index (χ4n) is 3.90. The summed E-state index contributed by atoms with van der Waals surface area (Å²) in [4.78, 5) is 0.282. The van der Waals surface area contributed by atoms with Gasteiger partial charge in [0.1, 0.15) is 0 Å².